The third kappa shape index (κ3) is 4.63. The van der Waals surface area contributed by atoms with E-state index < -0.39 is 12.1 Å². The quantitative estimate of drug-likeness (QED) is 0.800. The molecule has 2 aliphatic rings. The zero-order valence-electron chi connectivity index (χ0n) is 12.0. The lowest BCUT2D eigenvalue weighted by Gasteiger charge is -2.32. The van der Waals surface area contributed by atoms with Crippen molar-refractivity contribution in [3.63, 3.8) is 0 Å². The minimum absolute atomic E-state index is 0.000311. The second-order valence-electron chi connectivity index (χ2n) is 5.99. The maximum Gasteiger partial charge on any atom is 0.391 e. The fraction of sp³-hybridized carbons (Fsp3) is 0.857. The summed E-state index contributed by atoms with van der Waals surface area (Å²) in [7, 11) is 0. The number of likely N-dealkylation sites (tertiary alicyclic amines) is 1. The molecule has 0 N–H and O–H groups in total. The molecule has 1 aliphatic carbocycles. The molecule has 1 saturated carbocycles. The van der Waals surface area contributed by atoms with Crippen LogP contribution in [0.15, 0.2) is 0 Å². The van der Waals surface area contributed by atoms with Crippen LogP contribution in [-0.4, -0.2) is 40.4 Å². The molecule has 0 radical (unpaired) electrons. The van der Waals surface area contributed by atoms with Gasteiger partial charge in [0.1, 0.15) is 0 Å². The third-order valence-electron chi connectivity index (χ3n) is 4.30. The topological polar surface area (TPSA) is 37.4 Å². The van der Waals surface area contributed by atoms with Gasteiger partial charge < -0.3 is 4.90 Å². The van der Waals surface area contributed by atoms with Crippen LogP contribution in [0.3, 0.4) is 0 Å². The van der Waals surface area contributed by atoms with Gasteiger partial charge in [-0.3, -0.25) is 9.59 Å². The van der Waals surface area contributed by atoms with Crippen molar-refractivity contribution < 1.29 is 22.8 Å². The van der Waals surface area contributed by atoms with E-state index in [0.717, 1.165) is 0 Å². The smallest absolute Gasteiger partial charge is 0.341 e. The van der Waals surface area contributed by atoms with E-state index in [0.29, 0.717) is 32.4 Å². The first-order valence-electron chi connectivity index (χ1n) is 7.27. The molecule has 0 aromatic rings. The molecule has 7 heteroatoms. The molecule has 1 saturated heterocycles. The fourth-order valence-electron chi connectivity index (χ4n) is 3.21. The number of carbonyl (C=O) groups is 2. The molecular weight excluding hydrogens is 303 g/mol. The van der Waals surface area contributed by atoms with Crippen LogP contribution in [0, 0.1) is 11.8 Å². The van der Waals surface area contributed by atoms with Gasteiger partial charge in [-0.1, -0.05) is 11.8 Å². The zero-order chi connectivity index (χ0) is 15.6. The highest BCUT2D eigenvalue weighted by Crippen LogP contribution is 2.40. The van der Waals surface area contributed by atoms with Crippen molar-refractivity contribution in [2.24, 2.45) is 11.8 Å². The zero-order valence-corrected chi connectivity index (χ0v) is 12.8. The molecular formula is C14H20F3NO2S. The van der Waals surface area contributed by atoms with Crippen molar-refractivity contribution in [2.45, 2.75) is 50.5 Å². The summed E-state index contributed by atoms with van der Waals surface area (Å²) in [5, 5.41) is 0.00171. The summed E-state index contributed by atoms with van der Waals surface area (Å²) >= 11 is 1.19. The first kappa shape index (κ1) is 16.6. The van der Waals surface area contributed by atoms with Crippen LogP contribution >= 0.6 is 11.8 Å². The SMILES string of the molecule is CC(=O)SC1CC(=O)N(CC2CCC(C(F)(F)F)CC2)C1. The average Bonchev–Trinajstić information content (AvgIpc) is 2.68. The maximum atomic E-state index is 12.6. The Morgan fingerprint density at radius 1 is 1.29 bits per heavy atom. The lowest BCUT2D eigenvalue weighted by molar-refractivity contribution is -0.184. The highest BCUT2D eigenvalue weighted by atomic mass is 32.2. The monoisotopic (exact) mass is 323 g/mol. The van der Waals surface area contributed by atoms with E-state index in [4.69, 9.17) is 0 Å². The van der Waals surface area contributed by atoms with Crippen molar-refractivity contribution in [3.8, 4) is 0 Å². The Morgan fingerprint density at radius 2 is 1.90 bits per heavy atom. The number of thioether (sulfide) groups is 1. The Kier molecular flexibility index (Phi) is 5.22. The summed E-state index contributed by atoms with van der Waals surface area (Å²) in [6.45, 7) is 2.57. The van der Waals surface area contributed by atoms with Crippen LogP contribution in [0.1, 0.15) is 39.0 Å². The van der Waals surface area contributed by atoms with E-state index >= 15 is 0 Å². The molecule has 21 heavy (non-hydrogen) atoms. The van der Waals surface area contributed by atoms with Gasteiger partial charge in [-0.2, -0.15) is 13.2 Å². The third-order valence-corrected chi connectivity index (χ3v) is 5.28. The summed E-state index contributed by atoms with van der Waals surface area (Å²) in [6.07, 6.45) is -2.33. The van der Waals surface area contributed by atoms with E-state index in [1.807, 2.05) is 0 Å². The number of carbonyl (C=O) groups excluding carboxylic acids is 2. The lowest BCUT2D eigenvalue weighted by atomic mass is 9.81. The first-order chi connectivity index (χ1) is 9.75. The number of hydrogen-bond donors (Lipinski definition) is 0. The number of hydrogen-bond acceptors (Lipinski definition) is 3. The predicted octanol–water partition coefficient (Wildman–Crippen LogP) is 3.24. The van der Waals surface area contributed by atoms with Crippen molar-refractivity contribution in [1.82, 2.24) is 4.90 Å². The van der Waals surface area contributed by atoms with Gasteiger partial charge >= 0.3 is 6.18 Å². The van der Waals surface area contributed by atoms with Gasteiger partial charge in [0.15, 0.2) is 5.12 Å². The summed E-state index contributed by atoms with van der Waals surface area (Å²) in [5.74, 6) is -0.996. The van der Waals surface area contributed by atoms with Crippen molar-refractivity contribution in [3.05, 3.63) is 0 Å². The Balaban J connectivity index is 1.79. The highest BCUT2D eigenvalue weighted by molar-refractivity contribution is 8.14. The van der Waals surface area contributed by atoms with Gasteiger partial charge in [0.25, 0.3) is 0 Å². The molecule has 1 aliphatic heterocycles. The number of rotatable bonds is 3. The van der Waals surface area contributed by atoms with Crippen LogP contribution in [-0.2, 0) is 9.59 Å². The van der Waals surface area contributed by atoms with Crippen LogP contribution in [0.4, 0.5) is 13.2 Å². The lowest BCUT2D eigenvalue weighted by Crippen LogP contribution is -2.35. The standard InChI is InChI=1S/C14H20F3NO2S/c1-9(19)21-12-6-13(20)18(8-12)7-10-2-4-11(5-3-10)14(15,16)17/h10-12H,2-8H2,1H3. The Labute approximate surface area is 126 Å². The summed E-state index contributed by atoms with van der Waals surface area (Å²) in [6, 6.07) is 0. The molecule has 2 rings (SSSR count). The van der Waals surface area contributed by atoms with Gasteiger partial charge in [-0.15, -0.1) is 0 Å². The van der Waals surface area contributed by atoms with Crippen LogP contribution in [0.5, 0.6) is 0 Å². The molecule has 2 fully saturated rings. The minimum atomic E-state index is -4.09. The molecule has 0 spiro atoms. The van der Waals surface area contributed by atoms with E-state index in [9.17, 15) is 22.8 Å². The van der Waals surface area contributed by atoms with Crippen LogP contribution < -0.4 is 0 Å². The van der Waals surface area contributed by atoms with Crippen molar-refractivity contribution in [2.75, 3.05) is 13.1 Å². The second-order valence-corrected chi connectivity index (χ2v) is 7.47. The average molecular weight is 323 g/mol. The summed E-state index contributed by atoms with van der Waals surface area (Å²) in [4.78, 5) is 24.7. The van der Waals surface area contributed by atoms with E-state index in [1.165, 1.54) is 18.7 Å². The fourth-order valence-corrected chi connectivity index (χ4v) is 4.16. The van der Waals surface area contributed by atoms with E-state index in [-0.39, 0.29) is 35.0 Å². The molecule has 1 atom stereocenters. The van der Waals surface area contributed by atoms with Gasteiger partial charge in [-0.25, -0.2) is 0 Å². The van der Waals surface area contributed by atoms with Crippen molar-refractivity contribution >= 4 is 22.8 Å². The maximum absolute atomic E-state index is 12.6. The first-order valence-corrected chi connectivity index (χ1v) is 8.15. The largest absolute Gasteiger partial charge is 0.391 e. The minimum Gasteiger partial charge on any atom is -0.341 e. The van der Waals surface area contributed by atoms with Gasteiger partial charge in [-0.05, 0) is 31.6 Å². The Morgan fingerprint density at radius 3 is 2.43 bits per heavy atom. The number of amides is 1. The normalized spacial score (nSPS) is 30.8. The number of nitrogens with zero attached hydrogens (tertiary/aromatic N) is 1. The summed E-state index contributed by atoms with van der Waals surface area (Å²) < 4.78 is 37.8. The Bertz CT molecular complexity index is 406. The number of halogens is 3. The van der Waals surface area contributed by atoms with Gasteiger partial charge in [0.05, 0.1) is 5.92 Å². The highest BCUT2D eigenvalue weighted by Gasteiger charge is 2.42. The predicted molar refractivity (Wildman–Crippen MR) is 74.8 cm³/mol. The molecule has 0 aromatic carbocycles. The second kappa shape index (κ2) is 6.58. The van der Waals surface area contributed by atoms with E-state index in [2.05, 4.69) is 0 Å². The van der Waals surface area contributed by atoms with Crippen LogP contribution in [0.25, 0.3) is 0 Å². The molecule has 3 nitrogen and oxygen atoms in total. The van der Waals surface area contributed by atoms with Gasteiger partial charge in [0.2, 0.25) is 5.91 Å². The van der Waals surface area contributed by atoms with Gasteiger partial charge in [0, 0.05) is 31.7 Å². The van der Waals surface area contributed by atoms with Crippen molar-refractivity contribution in [1.29, 1.82) is 0 Å². The summed E-state index contributed by atoms with van der Waals surface area (Å²) in [5.41, 5.74) is 0. The molecule has 1 unspecified atom stereocenters. The number of alkyl halides is 3. The molecule has 0 bridgehead atoms. The molecule has 1 heterocycles. The Hall–Kier alpha value is -0.720. The van der Waals surface area contributed by atoms with E-state index in [1.54, 1.807) is 4.90 Å². The van der Waals surface area contributed by atoms with Crippen LogP contribution in [0.2, 0.25) is 0 Å². The molecule has 120 valence electrons. The molecule has 1 amide bonds. The molecule has 0 aromatic heterocycles.